The standard InChI is InChI=1S/C31H38O7Si/c1-8-39(9-2,10-3)38-21-16-19(5)37-25(17-21)22-13-14-24-27(31(22)36-7)29(34)23-12-11-20(15-18(4)32)30(35-6)26(23)28(24)33/h11-14,16,19,25H,8-10,15,17H2,1-7H3/t19-,25-/m1/s1. The Hall–Kier alpha value is -3.23. The first-order valence-corrected chi connectivity index (χ1v) is 16.2. The maximum absolute atomic E-state index is 13.9. The van der Waals surface area contributed by atoms with Crippen LogP contribution in [0.1, 0.15) is 90.1 Å². The fourth-order valence-corrected chi connectivity index (χ4v) is 8.44. The molecule has 1 heterocycles. The fourth-order valence-electron chi connectivity index (χ4n) is 5.80. The molecular formula is C31H38O7Si. The van der Waals surface area contributed by atoms with Crippen LogP contribution in [0.5, 0.6) is 11.5 Å². The summed E-state index contributed by atoms with van der Waals surface area (Å²) in [6.45, 7) is 10.0. The Bertz CT molecular complexity index is 1330. The molecule has 0 bridgehead atoms. The van der Waals surface area contributed by atoms with E-state index in [9.17, 15) is 14.4 Å². The molecule has 2 atom stereocenters. The highest BCUT2D eigenvalue weighted by molar-refractivity contribution is 6.73. The molecule has 1 aliphatic carbocycles. The van der Waals surface area contributed by atoms with E-state index in [-0.39, 0.29) is 57.9 Å². The van der Waals surface area contributed by atoms with Crippen LogP contribution in [0, 0.1) is 0 Å². The van der Waals surface area contributed by atoms with E-state index in [1.165, 1.54) is 21.1 Å². The van der Waals surface area contributed by atoms with Crippen molar-refractivity contribution in [1.29, 1.82) is 0 Å². The molecule has 2 aliphatic rings. The van der Waals surface area contributed by atoms with E-state index in [2.05, 4.69) is 20.8 Å². The van der Waals surface area contributed by atoms with Crippen molar-refractivity contribution in [2.45, 2.75) is 77.8 Å². The van der Waals surface area contributed by atoms with Gasteiger partial charge in [-0.05, 0) is 50.2 Å². The number of rotatable bonds is 10. The maximum Gasteiger partial charge on any atom is 0.250 e. The SMILES string of the molecule is CC[Si](CC)(CC)OC1=C[C@@H](C)O[C@@H](c2ccc3c(c2OC)C(=O)c2ccc(CC(C)=O)c(OC)c2C3=O)C1. The van der Waals surface area contributed by atoms with Gasteiger partial charge in [0.1, 0.15) is 17.3 Å². The van der Waals surface area contributed by atoms with E-state index < -0.39 is 14.4 Å². The molecule has 7 nitrogen and oxygen atoms in total. The molecule has 0 spiro atoms. The second-order valence-corrected chi connectivity index (χ2v) is 15.0. The number of carbonyl (C=O) groups excluding carboxylic acids is 3. The Morgan fingerprint density at radius 3 is 2.03 bits per heavy atom. The normalized spacial score (nSPS) is 18.7. The quantitative estimate of drug-likeness (QED) is 0.271. The first-order valence-electron chi connectivity index (χ1n) is 13.7. The number of ether oxygens (including phenoxy) is 3. The molecule has 208 valence electrons. The van der Waals surface area contributed by atoms with Gasteiger partial charge in [-0.1, -0.05) is 32.9 Å². The van der Waals surface area contributed by atoms with Crippen LogP contribution in [0.25, 0.3) is 0 Å². The molecular weight excluding hydrogens is 512 g/mol. The third-order valence-electron chi connectivity index (χ3n) is 8.03. The van der Waals surface area contributed by atoms with Crippen LogP contribution < -0.4 is 9.47 Å². The van der Waals surface area contributed by atoms with E-state index in [1.54, 1.807) is 18.2 Å². The summed E-state index contributed by atoms with van der Waals surface area (Å²) >= 11 is 0. The smallest absolute Gasteiger partial charge is 0.250 e. The molecule has 0 radical (unpaired) electrons. The van der Waals surface area contributed by atoms with Crippen LogP contribution in [0.15, 0.2) is 36.1 Å². The molecule has 2 aromatic carbocycles. The van der Waals surface area contributed by atoms with Crippen molar-refractivity contribution in [1.82, 2.24) is 0 Å². The summed E-state index contributed by atoms with van der Waals surface area (Å²) in [5.41, 5.74) is 2.17. The number of fused-ring (bicyclic) bond motifs is 2. The van der Waals surface area contributed by atoms with Crippen molar-refractivity contribution in [2.75, 3.05) is 14.2 Å². The topological polar surface area (TPSA) is 88.1 Å². The Kier molecular flexibility index (Phi) is 8.47. The summed E-state index contributed by atoms with van der Waals surface area (Å²) < 4.78 is 24.4. The Morgan fingerprint density at radius 1 is 0.923 bits per heavy atom. The monoisotopic (exact) mass is 550 g/mol. The van der Waals surface area contributed by atoms with Crippen molar-refractivity contribution >= 4 is 25.7 Å². The molecule has 39 heavy (non-hydrogen) atoms. The number of ketones is 3. The predicted molar refractivity (Wildman–Crippen MR) is 152 cm³/mol. The van der Waals surface area contributed by atoms with Gasteiger partial charge in [-0.15, -0.1) is 0 Å². The van der Waals surface area contributed by atoms with E-state index in [0.29, 0.717) is 23.3 Å². The van der Waals surface area contributed by atoms with Crippen molar-refractivity contribution in [2.24, 2.45) is 0 Å². The van der Waals surface area contributed by atoms with Crippen LogP contribution in [-0.4, -0.2) is 46.0 Å². The largest absolute Gasteiger partial charge is 0.547 e. The molecule has 2 aromatic rings. The second-order valence-electron chi connectivity index (χ2n) is 10.3. The molecule has 0 unspecified atom stereocenters. The second kappa shape index (κ2) is 11.5. The zero-order valence-corrected chi connectivity index (χ0v) is 24.9. The summed E-state index contributed by atoms with van der Waals surface area (Å²) in [6.07, 6.45) is 2.10. The summed E-state index contributed by atoms with van der Waals surface area (Å²) in [4.78, 5) is 39.4. The van der Waals surface area contributed by atoms with Crippen LogP contribution in [0.4, 0.5) is 0 Å². The third kappa shape index (κ3) is 5.19. The minimum Gasteiger partial charge on any atom is -0.547 e. The highest BCUT2D eigenvalue weighted by Crippen LogP contribution is 2.44. The van der Waals surface area contributed by atoms with Gasteiger partial charge in [0, 0.05) is 35.1 Å². The average molecular weight is 551 g/mol. The number of methoxy groups -OCH3 is 2. The Morgan fingerprint density at radius 2 is 1.49 bits per heavy atom. The van der Waals surface area contributed by atoms with Crippen molar-refractivity contribution < 1.29 is 33.0 Å². The molecule has 0 saturated carbocycles. The van der Waals surface area contributed by atoms with Crippen molar-refractivity contribution in [3.63, 3.8) is 0 Å². The highest BCUT2D eigenvalue weighted by atomic mass is 28.4. The highest BCUT2D eigenvalue weighted by Gasteiger charge is 2.39. The van der Waals surface area contributed by atoms with Gasteiger partial charge in [0.25, 0.3) is 0 Å². The zero-order valence-electron chi connectivity index (χ0n) is 23.9. The summed E-state index contributed by atoms with van der Waals surface area (Å²) in [6, 6.07) is 9.86. The van der Waals surface area contributed by atoms with Gasteiger partial charge in [0.05, 0.1) is 43.3 Å². The zero-order chi connectivity index (χ0) is 28.5. The van der Waals surface area contributed by atoms with Gasteiger partial charge in [-0.2, -0.15) is 0 Å². The Balaban J connectivity index is 1.76. The first-order chi connectivity index (χ1) is 18.6. The fraction of sp³-hybridized carbons (Fsp3) is 0.452. The number of carbonyl (C=O) groups is 3. The lowest BCUT2D eigenvalue weighted by Gasteiger charge is -2.36. The predicted octanol–water partition coefficient (Wildman–Crippen LogP) is 6.37. The molecule has 0 N–H and O–H groups in total. The lowest BCUT2D eigenvalue weighted by molar-refractivity contribution is -0.116. The van der Waals surface area contributed by atoms with E-state index in [4.69, 9.17) is 18.6 Å². The van der Waals surface area contributed by atoms with E-state index in [1.807, 2.05) is 19.1 Å². The lowest BCUT2D eigenvalue weighted by atomic mass is 9.80. The van der Waals surface area contributed by atoms with Gasteiger partial charge in [0.2, 0.25) is 8.32 Å². The molecule has 0 aromatic heterocycles. The van der Waals surface area contributed by atoms with Gasteiger partial charge >= 0.3 is 0 Å². The van der Waals surface area contributed by atoms with Crippen LogP contribution in [0.2, 0.25) is 18.1 Å². The maximum atomic E-state index is 13.9. The van der Waals surface area contributed by atoms with Gasteiger partial charge in [0.15, 0.2) is 11.6 Å². The molecule has 4 rings (SSSR count). The molecule has 8 heteroatoms. The Labute approximate surface area is 231 Å². The summed E-state index contributed by atoms with van der Waals surface area (Å²) in [7, 11) is 1.07. The van der Waals surface area contributed by atoms with Crippen LogP contribution >= 0.6 is 0 Å². The van der Waals surface area contributed by atoms with Gasteiger partial charge in [-0.3, -0.25) is 14.4 Å². The molecule has 0 saturated heterocycles. The van der Waals surface area contributed by atoms with E-state index >= 15 is 0 Å². The van der Waals surface area contributed by atoms with Crippen LogP contribution in [0.3, 0.4) is 0 Å². The summed E-state index contributed by atoms with van der Waals surface area (Å²) in [5.74, 6) is 0.805. The average Bonchev–Trinajstić information content (AvgIpc) is 2.93. The van der Waals surface area contributed by atoms with Gasteiger partial charge in [-0.25, -0.2) is 0 Å². The number of hydrogen-bond acceptors (Lipinski definition) is 7. The summed E-state index contributed by atoms with van der Waals surface area (Å²) in [5, 5.41) is 0. The number of hydrogen-bond donors (Lipinski definition) is 0. The molecule has 0 amide bonds. The molecule has 0 fully saturated rings. The van der Waals surface area contributed by atoms with Gasteiger partial charge < -0.3 is 18.6 Å². The van der Waals surface area contributed by atoms with E-state index in [0.717, 1.165) is 23.9 Å². The van der Waals surface area contributed by atoms with Crippen LogP contribution in [-0.2, 0) is 20.4 Å². The third-order valence-corrected chi connectivity index (χ3v) is 12.6. The number of benzene rings is 2. The lowest BCUT2D eigenvalue weighted by Crippen LogP contribution is -2.36. The minimum absolute atomic E-state index is 0.0645. The minimum atomic E-state index is -1.88. The molecule has 1 aliphatic heterocycles. The number of Topliss-reactive ketones (excluding diaryl/α,β-unsaturated/α-hetero) is 1. The first kappa shape index (κ1) is 28.8. The van der Waals surface area contributed by atoms with Crippen molar-refractivity contribution in [3.8, 4) is 11.5 Å². The van der Waals surface area contributed by atoms with Crippen molar-refractivity contribution in [3.05, 3.63) is 69.5 Å².